The van der Waals surface area contributed by atoms with Crippen molar-refractivity contribution < 1.29 is 24.3 Å². The summed E-state index contributed by atoms with van der Waals surface area (Å²) in [6.45, 7) is 0.564. The van der Waals surface area contributed by atoms with Crippen LogP contribution >= 0.6 is 23.4 Å². The molecule has 4 rings (SSSR count). The van der Waals surface area contributed by atoms with E-state index in [1.54, 1.807) is 41.5 Å². The molecule has 3 aromatic rings. The van der Waals surface area contributed by atoms with Gasteiger partial charge in [0.25, 0.3) is 5.69 Å². The zero-order chi connectivity index (χ0) is 23.4. The van der Waals surface area contributed by atoms with Crippen LogP contribution in [0.3, 0.4) is 0 Å². The van der Waals surface area contributed by atoms with Gasteiger partial charge in [0.15, 0.2) is 0 Å². The monoisotopic (exact) mass is 490 g/mol. The Hall–Kier alpha value is -3.12. The summed E-state index contributed by atoms with van der Waals surface area (Å²) in [6, 6.07) is 11.2. The van der Waals surface area contributed by atoms with Crippen molar-refractivity contribution in [2.75, 3.05) is 17.7 Å². The summed E-state index contributed by atoms with van der Waals surface area (Å²) < 4.78 is 14.3. The third-order valence-electron chi connectivity index (χ3n) is 4.92. The summed E-state index contributed by atoms with van der Waals surface area (Å²) in [7, 11) is 0. The Balaban J connectivity index is 1.50. The van der Waals surface area contributed by atoms with Gasteiger partial charge in [0.2, 0.25) is 5.79 Å². The fraction of sp³-hybridized carbons (Fsp3) is 0.238. The van der Waals surface area contributed by atoms with Crippen molar-refractivity contribution >= 4 is 40.8 Å². The summed E-state index contributed by atoms with van der Waals surface area (Å²) in [5.74, 6) is -0.657. The van der Waals surface area contributed by atoms with E-state index in [0.717, 1.165) is 4.90 Å². The molecule has 0 aliphatic carbocycles. The molecule has 0 saturated carbocycles. The van der Waals surface area contributed by atoms with Gasteiger partial charge in [-0.05, 0) is 30.3 Å². The van der Waals surface area contributed by atoms with E-state index in [0.29, 0.717) is 23.6 Å². The van der Waals surface area contributed by atoms with Crippen molar-refractivity contribution in [1.29, 1.82) is 0 Å². The number of ether oxygens (including phenoxy) is 2. The van der Waals surface area contributed by atoms with Gasteiger partial charge in [0.1, 0.15) is 0 Å². The highest BCUT2D eigenvalue weighted by atomic mass is 35.5. The van der Waals surface area contributed by atoms with Gasteiger partial charge in [-0.15, -0.1) is 11.8 Å². The molecule has 2 unspecified atom stereocenters. The van der Waals surface area contributed by atoms with Crippen molar-refractivity contribution in [3.8, 4) is 0 Å². The van der Waals surface area contributed by atoms with Crippen LogP contribution in [0.2, 0.25) is 5.02 Å². The number of nitrogens with one attached hydrogen (secondary N) is 1. The Morgan fingerprint density at radius 2 is 2.15 bits per heavy atom. The average molecular weight is 491 g/mol. The molecule has 1 fully saturated rings. The van der Waals surface area contributed by atoms with Crippen LogP contribution in [0.5, 0.6) is 0 Å². The second-order valence-electron chi connectivity index (χ2n) is 7.23. The lowest BCUT2D eigenvalue weighted by Crippen LogP contribution is -2.34. The highest BCUT2D eigenvalue weighted by Gasteiger charge is 2.45. The van der Waals surface area contributed by atoms with E-state index < -0.39 is 16.8 Å². The minimum atomic E-state index is -1.23. The number of hydrogen-bond acceptors (Lipinski definition) is 7. The van der Waals surface area contributed by atoms with Crippen LogP contribution in [0.4, 0.5) is 16.2 Å². The Morgan fingerprint density at radius 3 is 2.79 bits per heavy atom. The van der Waals surface area contributed by atoms with E-state index in [-0.39, 0.29) is 23.4 Å². The number of nitro groups is 1. The lowest BCUT2D eigenvalue weighted by atomic mass is 10.0. The third-order valence-corrected chi connectivity index (χ3v) is 6.38. The maximum absolute atomic E-state index is 11.1. The van der Waals surface area contributed by atoms with Crippen LogP contribution in [-0.4, -0.2) is 44.1 Å². The van der Waals surface area contributed by atoms with Crippen LogP contribution in [0.25, 0.3) is 0 Å². The molecular weight excluding hydrogens is 472 g/mol. The van der Waals surface area contributed by atoms with Gasteiger partial charge >= 0.3 is 6.09 Å². The number of imidazole rings is 1. The van der Waals surface area contributed by atoms with Crippen molar-refractivity contribution in [2.45, 2.75) is 23.3 Å². The number of nitro benzene ring substituents is 1. The second kappa shape index (κ2) is 9.79. The minimum absolute atomic E-state index is 0.118. The van der Waals surface area contributed by atoms with E-state index in [1.807, 2.05) is 12.1 Å². The summed E-state index contributed by atoms with van der Waals surface area (Å²) >= 11 is 7.95. The minimum Gasteiger partial charge on any atom is -0.465 e. The molecule has 0 radical (unpaired) electrons. The van der Waals surface area contributed by atoms with E-state index in [9.17, 15) is 14.9 Å². The predicted octanol–water partition coefficient (Wildman–Crippen LogP) is 4.60. The van der Waals surface area contributed by atoms with Crippen LogP contribution in [0, 0.1) is 10.1 Å². The number of non-ortho nitro benzene ring substituents is 1. The van der Waals surface area contributed by atoms with Crippen molar-refractivity contribution in [3.05, 3.63) is 81.9 Å². The standard InChI is InChI=1S/C21H19ClN4O6S/c22-19-9-15(26(29)30)3-6-18(19)21(12-25-8-7-23-13-25)31-10-16(32-21)11-33-17-4-1-14(2-5-17)24-20(27)28/h1-9,13,16,24H,10-12H2,(H,27,28). The summed E-state index contributed by atoms with van der Waals surface area (Å²) in [5.41, 5.74) is 0.868. The molecule has 1 aliphatic heterocycles. The maximum atomic E-state index is 11.1. The van der Waals surface area contributed by atoms with Gasteiger partial charge in [0, 0.05) is 46.4 Å². The first kappa shape index (κ1) is 23.1. The van der Waals surface area contributed by atoms with Crippen molar-refractivity contribution in [3.63, 3.8) is 0 Å². The summed E-state index contributed by atoms with van der Waals surface area (Å²) in [6.07, 6.45) is 3.63. The van der Waals surface area contributed by atoms with Gasteiger partial charge in [-0.1, -0.05) is 11.6 Å². The highest BCUT2D eigenvalue weighted by molar-refractivity contribution is 7.99. The van der Waals surface area contributed by atoms with Crippen LogP contribution in [0.15, 0.2) is 66.1 Å². The smallest absolute Gasteiger partial charge is 0.409 e. The molecule has 1 aromatic heterocycles. The highest BCUT2D eigenvalue weighted by Crippen LogP contribution is 2.41. The normalized spacial score (nSPS) is 20.0. The van der Waals surface area contributed by atoms with Gasteiger partial charge in [0.05, 0.1) is 35.5 Å². The lowest BCUT2D eigenvalue weighted by molar-refractivity contribution is -0.384. The lowest BCUT2D eigenvalue weighted by Gasteiger charge is -2.29. The first-order chi connectivity index (χ1) is 15.8. The Bertz CT molecular complexity index is 1140. The van der Waals surface area contributed by atoms with Crippen LogP contribution in [-0.2, 0) is 21.8 Å². The predicted molar refractivity (Wildman–Crippen MR) is 122 cm³/mol. The number of amides is 1. The number of rotatable bonds is 8. The topological polar surface area (TPSA) is 129 Å². The summed E-state index contributed by atoms with van der Waals surface area (Å²) in [4.78, 5) is 26.3. The van der Waals surface area contributed by atoms with E-state index in [2.05, 4.69) is 10.3 Å². The summed E-state index contributed by atoms with van der Waals surface area (Å²) in [5, 5.41) is 22.4. The molecule has 1 saturated heterocycles. The quantitative estimate of drug-likeness (QED) is 0.266. The largest absolute Gasteiger partial charge is 0.465 e. The fourth-order valence-electron chi connectivity index (χ4n) is 3.45. The first-order valence-corrected chi connectivity index (χ1v) is 11.2. The number of carbonyl (C=O) groups is 1. The molecular formula is C21H19ClN4O6S. The van der Waals surface area contributed by atoms with Crippen molar-refractivity contribution in [2.24, 2.45) is 0 Å². The van der Waals surface area contributed by atoms with Gasteiger partial charge in [-0.25, -0.2) is 9.78 Å². The van der Waals surface area contributed by atoms with E-state index >= 15 is 0 Å². The molecule has 1 aliphatic rings. The van der Waals surface area contributed by atoms with E-state index in [4.69, 9.17) is 26.2 Å². The number of thioether (sulfide) groups is 1. The van der Waals surface area contributed by atoms with Gasteiger partial charge in [-0.3, -0.25) is 15.4 Å². The van der Waals surface area contributed by atoms with Gasteiger partial charge in [-0.2, -0.15) is 0 Å². The second-order valence-corrected chi connectivity index (χ2v) is 8.73. The number of anilines is 1. The van der Waals surface area contributed by atoms with Crippen molar-refractivity contribution in [1.82, 2.24) is 9.55 Å². The first-order valence-electron chi connectivity index (χ1n) is 9.79. The molecule has 172 valence electrons. The molecule has 2 heterocycles. The Kier molecular flexibility index (Phi) is 6.84. The van der Waals surface area contributed by atoms with Gasteiger partial charge < -0.3 is 19.1 Å². The number of benzene rings is 2. The average Bonchev–Trinajstić information content (AvgIpc) is 3.43. The number of hydrogen-bond donors (Lipinski definition) is 2. The molecule has 2 N–H and O–H groups in total. The molecule has 2 atom stereocenters. The number of nitrogens with zero attached hydrogens (tertiary/aromatic N) is 3. The number of carboxylic acid groups (broad SMARTS) is 1. The van der Waals surface area contributed by atoms with Crippen LogP contribution in [0.1, 0.15) is 5.56 Å². The Labute approximate surface area is 197 Å². The van der Waals surface area contributed by atoms with E-state index in [1.165, 1.54) is 23.9 Å². The number of aromatic nitrogens is 2. The fourth-order valence-corrected chi connectivity index (χ4v) is 4.64. The molecule has 1 amide bonds. The molecule has 0 spiro atoms. The SMILES string of the molecule is O=C(O)Nc1ccc(SCC2COC(Cn3ccnc3)(c3ccc([N+](=O)[O-])cc3Cl)O2)cc1. The number of halogens is 1. The maximum Gasteiger partial charge on any atom is 0.409 e. The molecule has 33 heavy (non-hydrogen) atoms. The molecule has 0 bridgehead atoms. The third kappa shape index (κ3) is 5.45. The zero-order valence-electron chi connectivity index (χ0n) is 17.1. The Morgan fingerprint density at radius 1 is 1.36 bits per heavy atom. The van der Waals surface area contributed by atoms with Crippen LogP contribution < -0.4 is 5.32 Å². The molecule has 10 nitrogen and oxygen atoms in total. The molecule has 2 aromatic carbocycles. The molecule has 12 heteroatoms. The zero-order valence-corrected chi connectivity index (χ0v) is 18.7.